The van der Waals surface area contributed by atoms with E-state index in [1.54, 1.807) is 17.2 Å². The average Bonchev–Trinajstić information content (AvgIpc) is 3.06. The molecule has 1 aliphatic heterocycles. The van der Waals surface area contributed by atoms with E-state index in [0.717, 1.165) is 17.7 Å². The Morgan fingerprint density at radius 1 is 1.23 bits per heavy atom. The van der Waals surface area contributed by atoms with Crippen LogP contribution in [-0.2, 0) is 15.0 Å². The molecule has 0 unspecified atom stereocenters. The maximum Gasteiger partial charge on any atom is 0.314 e. The van der Waals surface area contributed by atoms with Crippen molar-refractivity contribution in [2.45, 2.75) is 44.9 Å². The van der Waals surface area contributed by atoms with E-state index in [9.17, 15) is 20.0 Å². The number of carbonyl (C=O) groups excluding carboxylic acids is 1. The van der Waals surface area contributed by atoms with Gasteiger partial charge in [0.2, 0.25) is 11.9 Å². The van der Waals surface area contributed by atoms with Gasteiger partial charge in [0, 0.05) is 18.4 Å². The Bertz CT molecular complexity index is 1060. The quantitative estimate of drug-likeness (QED) is 0.734. The number of hydrogen-bond donors (Lipinski definition) is 2. The maximum atomic E-state index is 13.0. The highest BCUT2D eigenvalue weighted by molar-refractivity contribution is 6.01. The molecule has 2 N–H and O–H groups in total. The molecule has 1 amide bonds. The molecule has 1 aromatic carbocycles. The molecule has 2 heterocycles. The standard InChI is InChI=1S/C23H25N5O3/c1-15(2)23(14-24)11-13-28(19(23)29)18-8-12-25-21(27-18)26-17-6-4-16(5-7-17)22(20(30)31)9-3-10-22/h4-8,12,15H,3,9-11,13H2,1-2H3,(H,30,31)(H,25,26,27)/t23-/m1/s1. The second-order valence-corrected chi connectivity index (χ2v) is 8.63. The highest BCUT2D eigenvalue weighted by Gasteiger charge is 2.50. The zero-order valence-electron chi connectivity index (χ0n) is 17.6. The van der Waals surface area contributed by atoms with Crippen molar-refractivity contribution in [3.8, 4) is 6.07 Å². The van der Waals surface area contributed by atoms with Crippen LogP contribution in [0.3, 0.4) is 0 Å². The Kier molecular flexibility index (Phi) is 5.13. The SMILES string of the molecule is CC(C)[C@]1(C#N)CCN(c2ccnc(Nc3ccc(C4(C(=O)O)CCC4)cc3)n2)C1=O. The number of rotatable bonds is 6. The summed E-state index contributed by atoms with van der Waals surface area (Å²) in [6.07, 6.45) is 4.28. The van der Waals surface area contributed by atoms with Gasteiger partial charge in [-0.25, -0.2) is 4.98 Å². The summed E-state index contributed by atoms with van der Waals surface area (Å²) in [4.78, 5) is 34.9. The Balaban J connectivity index is 1.52. The Morgan fingerprint density at radius 3 is 2.45 bits per heavy atom. The molecule has 0 radical (unpaired) electrons. The lowest BCUT2D eigenvalue weighted by atomic mass is 9.64. The van der Waals surface area contributed by atoms with Crippen LogP contribution in [0.4, 0.5) is 17.5 Å². The van der Waals surface area contributed by atoms with Crippen LogP contribution in [0.5, 0.6) is 0 Å². The number of nitrogens with one attached hydrogen (secondary N) is 1. The smallest absolute Gasteiger partial charge is 0.314 e. The predicted molar refractivity (Wildman–Crippen MR) is 115 cm³/mol. The van der Waals surface area contributed by atoms with Gasteiger partial charge in [0.15, 0.2) is 0 Å². The molecule has 31 heavy (non-hydrogen) atoms. The zero-order valence-corrected chi connectivity index (χ0v) is 17.6. The van der Waals surface area contributed by atoms with Gasteiger partial charge >= 0.3 is 5.97 Å². The van der Waals surface area contributed by atoms with Gasteiger partial charge in [-0.15, -0.1) is 0 Å². The fourth-order valence-corrected chi connectivity index (χ4v) is 4.44. The molecule has 4 rings (SSSR count). The van der Waals surface area contributed by atoms with Crippen LogP contribution in [0.25, 0.3) is 0 Å². The van der Waals surface area contributed by atoms with Gasteiger partial charge in [-0.05, 0) is 48.9 Å². The van der Waals surface area contributed by atoms with Crippen molar-refractivity contribution in [3.63, 3.8) is 0 Å². The normalized spacial score (nSPS) is 22.1. The van der Waals surface area contributed by atoms with Gasteiger partial charge in [-0.3, -0.25) is 14.5 Å². The van der Waals surface area contributed by atoms with Gasteiger partial charge in [-0.2, -0.15) is 10.2 Å². The van der Waals surface area contributed by atoms with Crippen molar-refractivity contribution in [2.75, 3.05) is 16.8 Å². The van der Waals surface area contributed by atoms with Crippen LogP contribution in [-0.4, -0.2) is 33.5 Å². The minimum atomic E-state index is -1.02. The van der Waals surface area contributed by atoms with Crippen LogP contribution in [0.1, 0.15) is 45.1 Å². The van der Waals surface area contributed by atoms with Gasteiger partial charge in [0.1, 0.15) is 11.2 Å². The van der Waals surface area contributed by atoms with Crippen LogP contribution in [0, 0.1) is 22.7 Å². The molecule has 2 fully saturated rings. The summed E-state index contributed by atoms with van der Waals surface area (Å²) in [5.74, 6) is -0.304. The number of carboxylic acid groups (broad SMARTS) is 1. The van der Waals surface area contributed by atoms with Gasteiger partial charge in [0.25, 0.3) is 0 Å². The lowest BCUT2D eigenvalue weighted by Crippen LogP contribution is -2.42. The lowest BCUT2D eigenvalue weighted by molar-refractivity contribution is -0.147. The third-order valence-electron chi connectivity index (χ3n) is 6.77. The van der Waals surface area contributed by atoms with Crippen LogP contribution in [0.15, 0.2) is 36.5 Å². The van der Waals surface area contributed by atoms with E-state index in [2.05, 4.69) is 21.4 Å². The van der Waals surface area contributed by atoms with E-state index in [-0.39, 0.29) is 11.8 Å². The fraction of sp³-hybridized carbons (Fsp3) is 0.435. The highest BCUT2D eigenvalue weighted by Crippen LogP contribution is 2.44. The van der Waals surface area contributed by atoms with Crippen molar-refractivity contribution in [2.24, 2.45) is 11.3 Å². The van der Waals surface area contributed by atoms with Gasteiger partial charge in [0.05, 0.1) is 11.5 Å². The van der Waals surface area contributed by atoms with Crippen LogP contribution < -0.4 is 10.2 Å². The number of carboxylic acids is 1. The second kappa shape index (κ2) is 7.65. The summed E-state index contributed by atoms with van der Waals surface area (Å²) in [7, 11) is 0. The van der Waals surface area contributed by atoms with E-state index in [1.807, 2.05) is 38.1 Å². The first-order valence-electron chi connectivity index (χ1n) is 10.5. The number of benzene rings is 1. The van der Waals surface area contributed by atoms with Crippen LogP contribution >= 0.6 is 0 Å². The molecule has 1 aliphatic carbocycles. The summed E-state index contributed by atoms with van der Waals surface area (Å²) in [6, 6.07) is 11.2. The number of nitrogens with zero attached hydrogens (tertiary/aromatic N) is 4. The molecular weight excluding hydrogens is 394 g/mol. The molecule has 0 spiro atoms. The van der Waals surface area contributed by atoms with Gasteiger partial charge < -0.3 is 10.4 Å². The monoisotopic (exact) mass is 419 g/mol. The summed E-state index contributed by atoms with van der Waals surface area (Å²) >= 11 is 0. The zero-order chi connectivity index (χ0) is 22.2. The largest absolute Gasteiger partial charge is 0.481 e. The van der Waals surface area contributed by atoms with E-state index in [1.165, 1.54) is 0 Å². The van der Waals surface area contributed by atoms with Crippen molar-refractivity contribution < 1.29 is 14.7 Å². The Labute approximate surface area is 180 Å². The molecule has 2 aromatic rings. The first kappa shape index (κ1) is 20.8. The number of carbonyl (C=O) groups is 2. The van der Waals surface area contributed by atoms with E-state index in [4.69, 9.17) is 0 Å². The number of nitriles is 1. The Hall–Kier alpha value is -3.47. The molecule has 8 heteroatoms. The molecule has 1 atom stereocenters. The van der Waals surface area contributed by atoms with Crippen molar-refractivity contribution >= 4 is 29.3 Å². The first-order chi connectivity index (χ1) is 14.8. The second-order valence-electron chi connectivity index (χ2n) is 8.63. The van der Waals surface area contributed by atoms with Crippen molar-refractivity contribution in [1.29, 1.82) is 5.26 Å². The summed E-state index contributed by atoms with van der Waals surface area (Å²) in [5, 5.41) is 22.3. The molecule has 2 aliphatic rings. The van der Waals surface area contributed by atoms with E-state index < -0.39 is 16.8 Å². The van der Waals surface area contributed by atoms with Gasteiger partial charge in [-0.1, -0.05) is 32.4 Å². The minimum absolute atomic E-state index is 0.0855. The minimum Gasteiger partial charge on any atom is -0.481 e. The van der Waals surface area contributed by atoms with Crippen molar-refractivity contribution in [1.82, 2.24) is 9.97 Å². The third kappa shape index (κ3) is 3.30. The topological polar surface area (TPSA) is 119 Å². The number of hydrogen-bond acceptors (Lipinski definition) is 6. The third-order valence-corrected chi connectivity index (χ3v) is 6.77. The molecule has 1 saturated carbocycles. The molecule has 1 saturated heterocycles. The van der Waals surface area contributed by atoms with E-state index >= 15 is 0 Å². The number of aliphatic carboxylic acids is 1. The molecule has 0 bridgehead atoms. The predicted octanol–water partition coefficient (Wildman–Crippen LogP) is 3.63. The molecular formula is C23H25N5O3. The van der Waals surface area contributed by atoms with E-state index in [0.29, 0.717) is 37.6 Å². The summed E-state index contributed by atoms with van der Waals surface area (Å²) in [6.45, 7) is 4.21. The first-order valence-corrected chi connectivity index (χ1v) is 10.5. The maximum absolute atomic E-state index is 13.0. The number of amides is 1. The average molecular weight is 419 g/mol. The summed E-state index contributed by atoms with van der Waals surface area (Å²) in [5.41, 5.74) is -0.261. The highest BCUT2D eigenvalue weighted by atomic mass is 16.4. The Morgan fingerprint density at radius 2 is 1.94 bits per heavy atom. The van der Waals surface area contributed by atoms with Crippen molar-refractivity contribution in [3.05, 3.63) is 42.1 Å². The fourth-order valence-electron chi connectivity index (χ4n) is 4.44. The molecule has 1 aromatic heterocycles. The number of aromatic nitrogens is 2. The van der Waals surface area contributed by atoms with Crippen LogP contribution in [0.2, 0.25) is 0 Å². The summed E-state index contributed by atoms with van der Waals surface area (Å²) < 4.78 is 0. The molecule has 160 valence electrons. The number of anilines is 3. The molecule has 8 nitrogen and oxygen atoms in total. The lowest BCUT2D eigenvalue weighted by Gasteiger charge is -2.38.